The molecule has 1 atom stereocenters. The Labute approximate surface area is 176 Å². The number of rotatable bonds is 5. The van der Waals surface area contributed by atoms with Crippen molar-refractivity contribution in [2.75, 3.05) is 31.6 Å². The van der Waals surface area contributed by atoms with E-state index in [-0.39, 0.29) is 0 Å². The number of anilines is 1. The summed E-state index contributed by atoms with van der Waals surface area (Å²) in [6, 6.07) is 9.62. The third kappa shape index (κ3) is 4.81. The Morgan fingerprint density at radius 3 is 2.76 bits per heavy atom. The largest absolute Gasteiger partial charge is 0.371 e. The summed E-state index contributed by atoms with van der Waals surface area (Å²) < 4.78 is 0. The lowest BCUT2D eigenvalue weighted by molar-refractivity contribution is 0.271. The summed E-state index contributed by atoms with van der Waals surface area (Å²) >= 11 is 0. The maximum absolute atomic E-state index is 4.66. The van der Waals surface area contributed by atoms with Gasteiger partial charge in [0, 0.05) is 50.6 Å². The van der Waals surface area contributed by atoms with E-state index in [1.54, 1.807) is 5.56 Å². The van der Waals surface area contributed by atoms with Crippen LogP contribution in [0.1, 0.15) is 47.7 Å². The summed E-state index contributed by atoms with van der Waals surface area (Å²) in [6.45, 7) is 12.0. The quantitative estimate of drug-likeness (QED) is 0.831. The molecule has 0 spiro atoms. The molecule has 1 N–H and O–H groups in total. The van der Waals surface area contributed by atoms with Crippen molar-refractivity contribution < 1.29 is 0 Å². The average molecular weight is 393 g/mol. The maximum atomic E-state index is 4.66. The van der Waals surface area contributed by atoms with Gasteiger partial charge in [-0.05, 0) is 74.4 Å². The van der Waals surface area contributed by atoms with E-state index in [9.17, 15) is 0 Å². The molecule has 4 nitrogen and oxygen atoms in total. The number of aryl methyl sites for hydroxylation is 2. The van der Waals surface area contributed by atoms with Crippen molar-refractivity contribution in [1.29, 1.82) is 0 Å². The van der Waals surface area contributed by atoms with Gasteiger partial charge in [-0.1, -0.05) is 25.1 Å². The molecule has 2 aliphatic rings. The van der Waals surface area contributed by atoms with Gasteiger partial charge in [-0.25, -0.2) is 0 Å². The number of hydrogen-bond donors (Lipinski definition) is 1. The molecule has 1 aromatic carbocycles. The lowest BCUT2D eigenvalue weighted by atomic mass is 9.91. The molecular weight excluding hydrogens is 356 g/mol. The Morgan fingerprint density at radius 2 is 2.00 bits per heavy atom. The van der Waals surface area contributed by atoms with Gasteiger partial charge in [-0.2, -0.15) is 0 Å². The van der Waals surface area contributed by atoms with E-state index in [1.165, 1.54) is 54.0 Å². The van der Waals surface area contributed by atoms with Gasteiger partial charge in [0.25, 0.3) is 0 Å². The number of fused-ring (bicyclic) bond motifs is 1. The van der Waals surface area contributed by atoms with Crippen LogP contribution in [0.15, 0.2) is 30.5 Å². The van der Waals surface area contributed by atoms with E-state index in [2.05, 4.69) is 72.2 Å². The monoisotopic (exact) mass is 392 g/mol. The molecule has 0 bridgehead atoms. The zero-order valence-electron chi connectivity index (χ0n) is 18.5. The Balaban J connectivity index is 1.42. The van der Waals surface area contributed by atoms with Crippen LogP contribution in [-0.4, -0.2) is 42.6 Å². The fraction of sp³-hybridized carbons (Fsp3) is 0.560. The van der Waals surface area contributed by atoms with Crippen molar-refractivity contribution >= 4 is 5.69 Å². The molecule has 29 heavy (non-hydrogen) atoms. The lowest BCUT2D eigenvalue weighted by Crippen LogP contribution is -2.44. The van der Waals surface area contributed by atoms with Gasteiger partial charge < -0.3 is 10.2 Å². The van der Waals surface area contributed by atoms with Crippen LogP contribution in [0.5, 0.6) is 0 Å². The van der Waals surface area contributed by atoms with Crippen LogP contribution in [0.3, 0.4) is 0 Å². The molecule has 1 aromatic heterocycles. The van der Waals surface area contributed by atoms with Gasteiger partial charge in [-0.3, -0.25) is 9.88 Å². The minimum Gasteiger partial charge on any atom is -0.371 e. The molecule has 2 aromatic rings. The van der Waals surface area contributed by atoms with E-state index < -0.39 is 0 Å². The second-order valence-electron chi connectivity index (χ2n) is 9.34. The normalized spacial score (nSPS) is 20.2. The minimum atomic E-state index is 0.489. The Bertz CT molecular complexity index is 839. The van der Waals surface area contributed by atoms with Gasteiger partial charge in [0.05, 0.1) is 5.69 Å². The molecule has 0 saturated carbocycles. The SMILES string of the molecule is Cc1cnc(CN(C)C[C@H]2Cc3c(cccc3N3CCC(C)CC3)CN2)c(C)c1. The molecule has 0 unspecified atom stereocenters. The number of nitrogens with one attached hydrogen (secondary N) is 1. The molecule has 4 heteroatoms. The number of pyridine rings is 1. The van der Waals surface area contributed by atoms with Crippen LogP contribution in [0.4, 0.5) is 5.69 Å². The Kier molecular flexibility index (Phi) is 6.21. The molecule has 0 aliphatic carbocycles. The molecule has 2 aliphatic heterocycles. The maximum Gasteiger partial charge on any atom is 0.0573 e. The van der Waals surface area contributed by atoms with Gasteiger partial charge in [0.15, 0.2) is 0 Å². The van der Waals surface area contributed by atoms with E-state index >= 15 is 0 Å². The summed E-state index contributed by atoms with van der Waals surface area (Å²) in [7, 11) is 2.22. The fourth-order valence-electron chi connectivity index (χ4n) is 4.88. The van der Waals surface area contributed by atoms with E-state index in [0.717, 1.165) is 32.0 Å². The molecule has 0 radical (unpaired) electrons. The van der Waals surface area contributed by atoms with E-state index in [1.807, 2.05) is 6.20 Å². The Hall–Kier alpha value is -1.91. The second-order valence-corrected chi connectivity index (χ2v) is 9.34. The smallest absolute Gasteiger partial charge is 0.0573 e. The molecule has 1 fully saturated rings. The van der Waals surface area contributed by atoms with Crippen molar-refractivity contribution in [3.8, 4) is 0 Å². The predicted octanol–water partition coefficient (Wildman–Crippen LogP) is 4.08. The molecule has 4 rings (SSSR count). The van der Waals surface area contributed by atoms with Crippen molar-refractivity contribution in [3.63, 3.8) is 0 Å². The van der Waals surface area contributed by atoms with Crippen LogP contribution in [0.25, 0.3) is 0 Å². The van der Waals surface area contributed by atoms with Gasteiger partial charge >= 0.3 is 0 Å². The van der Waals surface area contributed by atoms with Crippen LogP contribution in [0.2, 0.25) is 0 Å². The van der Waals surface area contributed by atoms with Crippen LogP contribution in [0, 0.1) is 19.8 Å². The summed E-state index contributed by atoms with van der Waals surface area (Å²) in [5, 5.41) is 3.77. The van der Waals surface area contributed by atoms with Crippen LogP contribution >= 0.6 is 0 Å². The number of hydrogen-bond acceptors (Lipinski definition) is 4. The highest BCUT2D eigenvalue weighted by atomic mass is 15.1. The topological polar surface area (TPSA) is 31.4 Å². The molecular formula is C25H36N4. The first-order valence-corrected chi connectivity index (χ1v) is 11.2. The minimum absolute atomic E-state index is 0.489. The highest BCUT2D eigenvalue weighted by Gasteiger charge is 2.25. The zero-order chi connectivity index (χ0) is 20.4. The zero-order valence-corrected chi connectivity index (χ0v) is 18.5. The predicted molar refractivity (Wildman–Crippen MR) is 121 cm³/mol. The van der Waals surface area contributed by atoms with E-state index in [4.69, 9.17) is 0 Å². The summed E-state index contributed by atoms with van der Waals surface area (Å²) in [5.41, 5.74) is 8.26. The van der Waals surface area contributed by atoms with Gasteiger partial charge in [0.2, 0.25) is 0 Å². The average Bonchev–Trinajstić information content (AvgIpc) is 2.70. The highest BCUT2D eigenvalue weighted by molar-refractivity contribution is 5.58. The number of nitrogens with zero attached hydrogens (tertiary/aromatic N) is 3. The molecule has 156 valence electrons. The highest BCUT2D eigenvalue weighted by Crippen LogP contribution is 2.31. The number of piperidine rings is 1. The van der Waals surface area contributed by atoms with Crippen molar-refractivity contribution in [1.82, 2.24) is 15.2 Å². The fourth-order valence-corrected chi connectivity index (χ4v) is 4.88. The van der Waals surface area contributed by atoms with Gasteiger partial charge in [-0.15, -0.1) is 0 Å². The van der Waals surface area contributed by atoms with Crippen molar-refractivity contribution in [2.24, 2.45) is 5.92 Å². The first-order valence-electron chi connectivity index (χ1n) is 11.2. The molecule has 0 amide bonds. The van der Waals surface area contributed by atoms with Crippen molar-refractivity contribution in [3.05, 3.63) is 58.4 Å². The lowest BCUT2D eigenvalue weighted by Gasteiger charge is -2.37. The Morgan fingerprint density at radius 1 is 1.21 bits per heavy atom. The second kappa shape index (κ2) is 8.85. The third-order valence-electron chi connectivity index (χ3n) is 6.68. The summed E-state index contributed by atoms with van der Waals surface area (Å²) in [4.78, 5) is 9.70. The first kappa shape index (κ1) is 20.4. The van der Waals surface area contributed by atoms with E-state index in [0.29, 0.717) is 6.04 Å². The van der Waals surface area contributed by atoms with Gasteiger partial charge in [0.1, 0.15) is 0 Å². The summed E-state index contributed by atoms with van der Waals surface area (Å²) in [6.07, 6.45) is 5.73. The number of benzene rings is 1. The third-order valence-corrected chi connectivity index (χ3v) is 6.68. The van der Waals surface area contributed by atoms with Crippen molar-refractivity contribution in [2.45, 2.75) is 59.2 Å². The summed E-state index contributed by atoms with van der Waals surface area (Å²) in [5.74, 6) is 0.868. The number of aromatic nitrogens is 1. The van der Waals surface area contributed by atoms with Crippen LogP contribution in [-0.2, 0) is 19.5 Å². The number of likely N-dealkylation sites (N-methyl/N-ethyl adjacent to an activating group) is 1. The molecule has 3 heterocycles. The first-order chi connectivity index (χ1) is 14.0. The standard InChI is InChI=1S/C25H36N4/c1-18-8-10-29(11-9-18)25-7-5-6-21-15-26-22(13-23(21)25)16-28(4)17-24-20(3)12-19(2)14-27-24/h5-7,12,14,18,22,26H,8-11,13,15-17H2,1-4H3/t22-/m1/s1. The van der Waals surface area contributed by atoms with Crippen LogP contribution < -0.4 is 10.2 Å². The molecule has 1 saturated heterocycles.